The predicted molar refractivity (Wildman–Crippen MR) is 110 cm³/mol. The molecule has 1 aliphatic carbocycles. The van der Waals surface area contributed by atoms with E-state index in [0.717, 1.165) is 34.8 Å². The Labute approximate surface area is 168 Å². The number of benzene rings is 1. The van der Waals surface area contributed by atoms with Gasteiger partial charge in [0.1, 0.15) is 18.2 Å². The topological polar surface area (TPSA) is 71.3 Å². The maximum Gasteiger partial charge on any atom is 0.262 e. The molecule has 1 aliphatic rings. The van der Waals surface area contributed by atoms with Gasteiger partial charge in [-0.2, -0.15) is 5.26 Å². The summed E-state index contributed by atoms with van der Waals surface area (Å²) in [6, 6.07) is 5.82. The smallest absolute Gasteiger partial charge is 0.262 e. The number of hydrogen-bond donors (Lipinski definition) is 1. The summed E-state index contributed by atoms with van der Waals surface area (Å²) >= 11 is 2.16. The van der Waals surface area contributed by atoms with Crippen molar-refractivity contribution < 1.29 is 14.3 Å². The summed E-state index contributed by atoms with van der Waals surface area (Å²) < 4.78 is 12.2. The summed E-state index contributed by atoms with van der Waals surface area (Å²) in [6.07, 6.45) is 7.46. The molecule has 1 aromatic rings. The lowest BCUT2D eigenvalue weighted by Gasteiger charge is -2.14. The molecule has 5 nitrogen and oxygen atoms in total. The highest BCUT2D eigenvalue weighted by atomic mass is 127. The van der Waals surface area contributed by atoms with Crippen molar-refractivity contribution in [2.24, 2.45) is 0 Å². The van der Waals surface area contributed by atoms with E-state index in [1.807, 2.05) is 19.1 Å². The molecule has 0 heterocycles. The van der Waals surface area contributed by atoms with Gasteiger partial charge in [-0.1, -0.05) is 25.5 Å². The Hall–Kier alpha value is -2.01. The lowest BCUT2D eigenvalue weighted by atomic mass is 10.1. The van der Waals surface area contributed by atoms with Crippen LogP contribution >= 0.6 is 22.6 Å². The summed E-state index contributed by atoms with van der Waals surface area (Å²) in [5.41, 5.74) is 0.817. The van der Waals surface area contributed by atoms with E-state index in [0.29, 0.717) is 24.7 Å². The lowest BCUT2D eigenvalue weighted by Crippen LogP contribution is -2.33. The normalized spacial score (nSPS) is 14.6. The number of nitrogens with one attached hydrogen (secondary N) is 1. The van der Waals surface area contributed by atoms with Crippen molar-refractivity contribution in [3.05, 3.63) is 39.5 Å². The van der Waals surface area contributed by atoms with Crippen molar-refractivity contribution in [2.75, 3.05) is 13.2 Å². The molecule has 0 aliphatic heterocycles. The Bertz CT molecular complexity index is 731. The minimum absolute atomic E-state index is 0.0925. The quantitative estimate of drug-likeness (QED) is 0.270. The second-order valence-electron chi connectivity index (χ2n) is 5.99. The first-order chi connectivity index (χ1) is 12.6. The van der Waals surface area contributed by atoms with Gasteiger partial charge in [-0.05, 0) is 66.1 Å². The summed E-state index contributed by atoms with van der Waals surface area (Å²) in [7, 11) is 0. The predicted octanol–water partition coefficient (Wildman–Crippen LogP) is 4.22. The standard InChI is InChI=1S/C20H23IN2O3/c1-3-9-26-19-17(21)11-14(12-18(19)25-4-2)10-15(13-22)20(24)23-16-7-5-6-8-16/h3,10-12,16H,1,4-9H2,2H3,(H,23,24)/b15-10-. The molecule has 1 amide bonds. The Morgan fingerprint density at radius 3 is 2.77 bits per heavy atom. The van der Waals surface area contributed by atoms with Gasteiger partial charge in [0.05, 0.1) is 10.2 Å². The Kier molecular flexibility index (Phi) is 7.98. The number of rotatable bonds is 8. The highest BCUT2D eigenvalue weighted by molar-refractivity contribution is 14.1. The Balaban J connectivity index is 2.26. The SMILES string of the molecule is C=CCOc1c(I)cc(/C=C(/C#N)C(=O)NC2CCCC2)cc1OCC. The first-order valence-corrected chi connectivity index (χ1v) is 9.79. The molecule has 1 saturated carbocycles. The van der Waals surface area contributed by atoms with Gasteiger partial charge >= 0.3 is 0 Å². The maximum absolute atomic E-state index is 12.4. The summed E-state index contributed by atoms with van der Waals surface area (Å²) in [6.45, 7) is 6.40. The molecule has 0 spiro atoms. The van der Waals surface area contributed by atoms with Crippen LogP contribution in [0.4, 0.5) is 0 Å². The van der Waals surface area contributed by atoms with E-state index in [-0.39, 0.29) is 17.5 Å². The van der Waals surface area contributed by atoms with E-state index >= 15 is 0 Å². The third-order valence-electron chi connectivity index (χ3n) is 4.04. The maximum atomic E-state index is 12.4. The number of nitrogens with zero attached hydrogens (tertiary/aromatic N) is 1. The average molecular weight is 466 g/mol. The van der Waals surface area contributed by atoms with Gasteiger partial charge in [0.25, 0.3) is 5.91 Å². The van der Waals surface area contributed by atoms with Crippen molar-refractivity contribution in [2.45, 2.75) is 38.6 Å². The molecular weight excluding hydrogens is 443 g/mol. The van der Waals surface area contributed by atoms with Gasteiger partial charge in [0.15, 0.2) is 11.5 Å². The van der Waals surface area contributed by atoms with Crippen LogP contribution in [0.3, 0.4) is 0 Å². The molecule has 0 bridgehead atoms. The minimum atomic E-state index is -0.320. The van der Waals surface area contributed by atoms with Crippen molar-refractivity contribution in [3.63, 3.8) is 0 Å². The molecule has 6 heteroatoms. The molecular formula is C20H23IN2O3. The number of carbonyl (C=O) groups excluding carboxylic acids is 1. The molecule has 1 fully saturated rings. The number of amides is 1. The fraction of sp³-hybridized carbons (Fsp3) is 0.400. The summed E-state index contributed by atoms with van der Waals surface area (Å²) in [5.74, 6) is 0.902. The number of carbonyl (C=O) groups is 1. The fourth-order valence-corrected chi connectivity index (χ4v) is 3.65. The zero-order chi connectivity index (χ0) is 18.9. The van der Waals surface area contributed by atoms with E-state index in [1.165, 1.54) is 0 Å². The highest BCUT2D eigenvalue weighted by Crippen LogP contribution is 2.35. The molecule has 26 heavy (non-hydrogen) atoms. The monoisotopic (exact) mass is 466 g/mol. The van der Waals surface area contributed by atoms with Gasteiger partial charge in [-0.25, -0.2) is 0 Å². The van der Waals surface area contributed by atoms with Crippen LogP contribution in [0.5, 0.6) is 11.5 Å². The van der Waals surface area contributed by atoms with Crippen LogP contribution in [0, 0.1) is 14.9 Å². The van der Waals surface area contributed by atoms with E-state index in [2.05, 4.69) is 34.5 Å². The third kappa shape index (κ3) is 5.49. The van der Waals surface area contributed by atoms with Crippen LogP contribution in [0.1, 0.15) is 38.2 Å². The van der Waals surface area contributed by atoms with Crippen LogP contribution in [0.25, 0.3) is 6.08 Å². The molecule has 1 aromatic carbocycles. The van der Waals surface area contributed by atoms with E-state index in [4.69, 9.17) is 9.47 Å². The first kappa shape index (κ1) is 20.3. The van der Waals surface area contributed by atoms with Crippen molar-refractivity contribution in [1.29, 1.82) is 5.26 Å². The molecule has 1 N–H and O–H groups in total. The largest absolute Gasteiger partial charge is 0.490 e. The molecule has 0 unspecified atom stereocenters. The van der Waals surface area contributed by atoms with Gasteiger partial charge < -0.3 is 14.8 Å². The summed E-state index contributed by atoms with van der Waals surface area (Å²) in [5, 5.41) is 12.3. The van der Waals surface area contributed by atoms with Crippen LogP contribution in [-0.4, -0.2) is 25.2 Å². The van der Waals surface area contributed by atoms with Crippen molar-refractivity contribution >= 4 is 34.6 Å². The van der Waals surface area contributed by atoms with E-state index < -0.39 is 0 Å². The van der Waals surface area contributed by atoms with Crippen LogP contribution in [0.15, 0.2) is 30.4 Å². The number of nitriles is 1. The zero-order valence-electron chi connectivity index (χ0n) is 14.9. The second kappa shape index (κ2) is 10.2. The number of halogens is 1. The zero-order valence-corrected chi connectivity index (χ0v) is 17.0. The molecule has 2 rings (SSSR count). The van der Waals surface area contributed by atoms with Gasteiger partial charge in [-0.3, -0.25) is 4.79 Å². The van der Waals surface area contributed by atoms with Crippen LogP contribution < -0.4 is 14.8 Å². The highest BCUT2D eigenvalue weighted by Gasteiger charge is 2.19. The average Bonchev–Trinajstić information content (AvgIpc) is 3.12. The number of hydrogen-bond acceptors (Lipinski definition) is 4. The van der Waals surface area contributed by atoms with E-state index in [1.54, 1.807) is 18.2 Å². The van der Waals surface area contributed by atoms with Gasteiger partial charge in [-0.15, -0.1) is 0 Å². The Morgan fingerprint density at radius 1 is 1.42 bits per heavy atom. The van der Waals surface area contributed by atoms with Crippen molar-refractivity contribution in [1.82, 2.24) is 5.32 Å². The van der Waals surface area contributed by atoms with E-state index in [9.17, 15) is 10.1 Å². The molecule has 0 aromatic heterocycles. The number of ether oxygens (including phenoxy) is 2. The lowest BCUT2D eigenvalue weighted by molar-refractivity contribution is -0.117. The molecule has 0 saturated heterocycles. The molecule has 138 valence electrons. The van der Waals surface area contributed by atoms with Crippen molar-refractivity contribution in [3.8, 4) is 17.6 Å². The van der Waals surface area contributed by atoms with Gasteiger partial charge in [0.2, 0.25) is 0 Å². The fourth-order valence-electron chi connectivity index (χ4n) is 2.87. The van der Waals surface area contributed by atoms with Crippen LogP contribution in [-0.2, 0) is 4.79 Å². The molecule has 0 atom stereocenters. The minimum Gasteiger partial charge on any atom is -0.490 e. The third-order valence-corrected chi connectivity index (χ3v) is 4.84. The molecule has 0 radical (unpaired) electrons. The van der Waals surface area contributed by atoms with Crippen LogP contribution in [0.2, 0.25) is 0 Å². The summed E-state index contributed by atoms with van der Waals surface area (Å²) in [4.78, 5) is 12.4. The second-order valence-corrected chi connectivity index (χ2v) is 7.15. The van der Waals surface area contributed by atoms with Gasteiger partial charge in [0, 0.05) is 6.04 Å². The first-order valence-electron chi connectivity index (χ1n) is 8.71. The Morgan fingerprint density at radius 2 is 2.15 bits per heavy atom.